The summed E-state index contributed by atoms with van der Waals surface area (Å²) in [6.45, 7) is 0.0257. The van der Waals surface area contributed by atoms with Crippen LogP contribution in [0.15, 0.2) is 33.0 Å². The second kappa shape index (κ2) is 6.97. The van der Waals surface area contributed by atoms with E-state index >= 15 is 0 Å². The number of ether oxygens (including phenoxy) is 4. The van der Waals surface area contributed by atoms with Gasteiger partial charge in [-0.2, -0.15) is 0 Å². The van der Waals surface area contributed by atoms with E-state index in [4.69, 9.17) is 18.9 Å². The van der Waals surface area contributed by atoms with Gasteiger partial charge in [0.25, 0.3) is 5.56 Å². The molecule has 1 N–H and O–H groups in total. The van der Waals surface area contributed by atoms with Gasteiger partial charge in [0.15, 0.2) is 11.5 Å². The van der Waals surface area contributed by atoms with Gasteiger partial charge in [0.1, 0.15) is 12.4 Å². The highest BCUT2D eigenvalue weighted by Crippen LogP contribution is 2.47. The monoisotopic (exact) mass is 415 g/mol. The van der Waals surface area contributed by atoms with E-state index in [1.54, 1.807) is 19.2 Å². The van der Waals surface area contributed by atoms with Crippen molar-refractivity contribution in [2.24, 2.45) is 14.1 Å². The molecule has 0 fully saturated rings. The number of nitrogens with zero attached hydrogens (tertiary/aromatic N) is 2. The van der Waals surface area contributed by atoms with Crippen LogP contribution < -0.4 is 30.8 Å². The van der Waals surface area contributed by atoms with E-state index in [1.807, 2.05) is 0 Å². The zero-order valence-electron chi connectivity index (χ0n) is 17.2. The van der Waals surface area contributed by atoms with Crippen LogP contribution in [0.2, 0.25) is 0 Å². The Kier molecular flexibility index (Phi) is 4.56. The van der Waals surface area contributed by atoms with E-state index in [0.29, 0.717) is 39.9 Å². The first-order chi connectivity index (χ1) is 14.3. The van der Waals surface area contributed by atoms with Crippen molar-refractivity contribution in [2.75, 3.05) is 33.3 Å². The van der Waals surface area contributed by atoms with Gasteiger partial charge in [0.2, 0.25) is 5.75 Å². The van der Waals surface area contributed by atoms with Crippen molar-refractivity contribution in [3.63, 3.8) is 0 Å². The molecule has 0 saturated heterocycles. The second-order valence-electron chi connectivity index (χ2n) is 6.95. The number of rotatable bonds is 4. The maximum Gasteiger partial charge on any atom is 0.337 e. The molecule has 0 aliphatic carbocycles. The average Bonchev–Trinajstić information content (AvgIpc) is 3.14. The first kappa shape index (κ1) is 19.6. The molecule has 1 aromatic heterocycles. The lowest BCUT2D eigenvalue weighted by molar-refractivity contribution is -0.136. The minimum Gasteiger partial charge on any atom is -0.493 e. The number of benzene rings is 1. The number of methoxy groups -OCH3 is 3. The maximum absolute atomic E-state index is 13.1. The summed E-state index contributed by atoms with van der Waals surface area (Å²) < 4.78 is 23.8. The molecule has 4 rings (SSSR count). The molecule has 0 spiro atoms. The molecule has 158 valence electrons. The Morgan fingerprint density at radius 1 is 1.00 bits per heavy atom. The van der Waals surface area contributed by atoms with Gasteiger partial charge in [-0.15, -0.1) is 0 Å². The summed E-state index contributed by atoms with van der Waals surface area (Å²) >= 11 is 0. The summed E-state index contributed by atoms with van der Waals surface area (Å²) in [6.07, 6.45) is 0. The predicted molar refractivity (Wildman–Crippen MR) is 106 cm³/mol. The van der Waals surface area contributed by atoms with E-state index in [-0.39, 0.29) is 12.2 Å². The van der Waals surface area contributed by atoms with Crippen LogP contribution in [0.1, 0.15) is 17.0 Å². The number of hydrogen-bond donors (Lipinski definition) is 1. The normalized spacial score (nSPS) is 17.1. The molecule has 10 heteroatoms. The smallest absolute Gasteiger partial charge is 0.337 e. The third kappa shape index (κ3) is 2.60. The van der Waals surface area contributed by atoms with Gasteiger partial charge in [-0.05, 0) is 17.7 Å². The Morgan fingerprint density at radius 3 is 2.20 bits per heavy atom. The molecule has 2 aliphatic rings. The predicted octanol–water partition coefficient (Wildman–Crippen LogP) is 0.478. The van der Waals surface area contributed by atoms with Crippen LogP contribution in [0.3, 0.4) is 0 Å². The maximum atomic E-state index is 13.1. The van der Waals surface area contributed by atoms with Gasteiger partial charge < -0.3 is 24.3 Å². The highest BCUT2D eigenvalue weighted by molar-refractivity contribution is 5.97. The Balaban J connectivity index is 2.08. The standard InChI is InChI=1S/C20H21N3O7/c1-22-17-15(18(24)23(2)20(22)26)13(14-10(21-17)8-30-19(14)25)9-6-11(27-3)16(29-5)12(7-9)28-4/h6-7,13,21H,8H2,1-5H3. The van der Waals surface area contributed by atoms with Crippen LogP contribution >= 0.6 is 0 Å². The number of anilines is 1. The number of carbonyl (C=O) groups excluding carboxylic acids is 1. The fourth-order valence-corrected chi connectivity index (χ4v) is 3.98. The lowest BCUT2D eigenvalue weighted by Crippen LogP contribution is -2.43. The van der Waals surface area contributed by atoms with Gasteiger partial charge in [-0.25, -0.2) is 9.59 Å². The minimum atomic E-state index is -0.787. The van der Waals surface area contributed by atoms with Crippen molar-refractivity contribution < 1.29 is 23.7 Å². The minimum absolute atomic E-state index is 0.0257. The lowest BCUT2D eigenvalue weighted by Gasteiger charge is -2.28. The van der Waals surface area contributed by atoms with E-state index in [1.165, 1.54) is 32.9 Å². The summed E-state index contributed by atoms with van der Waals surface area (Å²) in [6, 6.07) is 3.36. The largest absolute Gasteiger partial charge is 0.493 e. The zero-order chi connectivity index (χ0) is 21.7. The second-order valence-corrected chi connectivity index (χ2v) is 6.95. The van der Waals surface area contributed by atoms with Gasteiger partial charge >= 0.3 is 11.7 Å². The van der Waals surface area contributed by atoms with Crippen molar-refractivity contribution in [1.82, 2.24) is 9.13 Å². The highest BCUT2D eigenvalue weighted by Gasteiger charge is 2.42. The SMILES string of the molecule is COc1cc(C2C3=C(COC3=O)Nc3c2c(=O)n(C)c(=O)n3C)cc(OC)c1OC. The molecule has 1 unspecified atom stereocenters. The van der Waals surface area contributed by atoms with E-state index in [9.17, 15) is 14.4 Å². The fraction of sp³-hybridized carbons (Fsp3) is 0.350. The van der Waals surface area contributed by atoms with Gasteiger partial charge in [0, 0.05) is 14.1 Å². The molecule has 0 radical (unpaired) electrons. The van der Waals surface area contributed by atoms with Crippen molar-refractivity contribution in [3.05, 3.63) is 55.4 Å². The van der Waals surface area contributed by atoms with Crippen LogP contribution in [0.5, 0.6) is 17.2 Å². The molecular formula is C20H21N3O7. The van der Waals surface area contributed by atoms with E-state index in [0.717, 1.165) is 4.57 Å². The Morgan fingerprint density at radius 2 is 1.63 bits per heavy atom. The molecular weight excluding hydrogens is 394 g/mol. The van der Waals surface area contributed by atoms with Gasteiger partial charge in [-0.3, -0.25) is 13.9 Å². The zero-order valence-corrected chi connectivity index (χ0v) is 17.2. The van der Waals surface area contributed by atoms with Crippen molar-refractivity contribution in [2.45, 2.75) is 5.92 Å². The summed E-state index contributed by atoms with van der Waals surface area (Å²) in [5.41, 5.74) is 0.651. The molecule has 10 nitrogen and oxygen atoms in total. The molecule has 2 aliphatic heterocycles. The van der Waals surface area contributed by atoms with Crippen molar-refractivity contribution in [3.8, 4) is 17.2 Å². The van der Waals surface area contributed by atoms with E-state index in [2.05, 4.69) is 5.32 Å². The fourth-order valence-electron chi connectivity index (χ4n) is 3.98. The number of esters is 1. The Hall–Kier alpha value is -3.69. The average molecular weight is 415 g/mol. The Labute approximate surface area is 171 Å². The molecule has 3 heterocycles. The molecule has 1 atom stereocenters. The van der Waals surface area contributed by atoms with Crippen LogP contribution in [0.25, 0.3) is 0 Å². The van der Waals surface area contributed by atoms with Gasteiger partial charge in [-0.1, -0.05) is 0 Å². The number of fused-ring (bicyclic) bond motifs is 1. The van der Waals surface area contributed by atoms with Crippen molar-refractivity contribution >= 4 is 11.8 Å². The Bertz CT molecular complexity index is 1200. The van der Waals surface area contributed by atoms with E-state index < -0.39 is 23.1 Å². The number of carbonyl (C=O) groups is 1. The number of nitrogens with one attached hydrogen (secondary N) is 1. The topological polar surface area (TPSA) is 110 Å². The first-order valence-electron chi connectivity index (χ1n) is 9.11. The number of hydrogen-bond acceptors (Lipinski definition) is 8. The molecule has 2 aromatic rings. The molecule has 0 bridgehead atoms. The molecule has 0 amide bonds. The summed E-state index contributed by atoms with van der Waals surface area (Å²) in [5, 5.41) is 3.04. The number of aromatic nitrogens is 2. The molecule has 30 heavy (non-hydrogen) atoms. The molecule has 0 saturated carbocycles. The van der Waals surface area contributed by atoms with Crippen molar-refractivity contribution in [1.29, 1.82) is 0 Å². The quantitative estimate of drug-likeness (QED) is 0.718. The highest BCUT2D eigenvalue weighted by atomic mass is 16.5. The van der Waals surface area contributed by atoms with Gasteiger partial charge in [0.05, 0.1) is 44.1 Å². The summed E-state index contributed by atoms with van der Waals surface area (Å²) in [5.74, 6) is 0.140. The van der Waals surface area contributed by atoms with Crippen LogP contribution in [-0.2, 0) is 23.6 Å². The van der Waals surface area contributed by atoms with Crippen LogP contribution in [-0.4, -0.2) is 43.0 Å². The number of cyclic esters (lactones) is 1. The first-order valence-corrected chi connectivity index (χ1v) is 9.11. The summed E-state index contributed by atoms with van der Waals surface area (Å²) in [7, 11) is 7.40. The molecule has 1 aromatic carbocycles. The van der Waals surface area contributed by atoms with Crippen LogP contribution in [0.4, 0.5) is 5.82 Å². The summed E-state index contributed by atoms with van der Waals surface area (Å²) in [4.78, 5) is 38.2. The third-order valence-electron chi connectivity index (χ3n) is 5.46. The third-order valence-corrected chi connectivity index (χ3v) is 5.46. The lowest BCUT2D eigenvalue weighted by atomic mass is 9.82. The van der Waals surface area contributed by atoms with Crippen LogP contribution in [0, 0.1) is 0 Å².